The molecule has 0 heterocycles. The normalized spacial score (nSPS) is 23.1. The molecule has 0 atom stereocenters. The molecule has 0 amide bonds. The summed E-state index contributed by atoms with van der Waals surface area (Å²) in [5, 5.41) is 3.39. The predicted molar refractivity (Wildman–Crippen MR) is 87.3 cm³/mol. The topological polar surface area (TPSA) is 24.5 Å². The van der Waals surface area contributed by atoms with Gasteiger partial charge >= 0.3 is 0 Å². The van der Waals surface area contributed by atoms with Crippen LogP contribution in [0.5, 0.6) is 5.75 Å². The van der Waals surface area contributed by atoms with Gasteiger partial charge in [-0.2, -0.15) is 0 Å². The first-order chi connectivity index (χ1) is 9.63. The molecule has 1 saturated carbocycles. The van der Waals surface area contributed by atoms with Gasteiger partial charge in [-0.25, -0.2) is 0 Å². The molecule has 1 aromatic rings. The van der Waals surface area contributed by atoms with Crippen molar-refractivity contribution in [3.8, 4) is 5.75 Å². The van der Waals surface area contributed by atoms with E-state index in [2.05, 4.69) is 46.3 Å². The predicted octanol–water partition coefficient (Wildman–Crippen LogP) is 3.42. The lowest BCUT2D eigenvalue weighted by molar-refractivity contribution is 0.168. The van der Waals surface area contributed by atoms with Crippen molar-refractivity contribution >= 4 is 15.9 Å². The van der Waals surface area contributed by atoms with E-state index in [-0.39, 0.29) is 0 Å². The first kappa shape index (κ1) is 15.8. The second-order valence-electron chi connectivity index (χ2n) is 5.67. The second kappa shape index (κ2) is 7.43. The molecule has 0 spiro atoms. The summed E-state index contributed by atoms with van der Waals surface area (Å²) in [4.78, 5) is 2.47. The molecule has 20 heavy (non-hydrogen) atoms. The van der Waals surface area contributed by atoms with Crippen LogP contribution in [0.25, 0.3) is 0 Å². The molecule has 0 bridgehead atoms. The zero-order valence-electron chi connectivity index (χ0n) is 12.7. The highest BCUT2D eigenvalue weighted by Crippen LogP contribution is 2.27. The molecule has 3 nitrogen and oxygen atoms in total. The zero-order chi connectivity index (χ0) is 14.5. The quantitative estimate of drug-likeness (QED) is 0.888. The minimum Gasteiger partial charge on any atom is -0.496 e. The highest BCUT2D eigenvalue weighted by molar-refractivity contribution is 9.10. The highest BCUT2D eigenvalue weighted by atomic mass is 79.9. The van der Waals surface area contributed by atoms with Gasteiger partial charge in [0.2, 0.25) is 0 Å². The number of nitrogens with zero attached hydrogens (tertiary/aromatic N) is 1. The Morgan fingerprint density at radius 2 is 2.00 bits per heavy atom. The maximum absolute atomic E-state index is 5.47. The Hall–Kier alpha value is -0.580. The molecule has 1 fully saturated rings. The first-order valence-electron chi connectivity index (χ1n) is 7.34. The lowest BCUT2D eigenvalue weighted by Gasteiger charge is -2.34. The van der Waals surface area contributed by atoms with Crippen molar-refractivity contribution in [2.24, 2.45) is 0 Å². The van der Waals surface area contributed by atoms with Crippen LogP contribution < -0.4 is 10.1 Å². The number of nitrogens with one attached hydrogen (secondary N) is 1. The van der Waals surface area contributed by atoms with Crippen molar-refractivity contribution in [3.63, 3.8) is 0 Å². The maximum Gasteiger partial charge on any atom is 0.123 e. The zero-order valence-corrected chi connectivity index (χ0v) is 14.2. The van der Waals surface area contributed by atoms with E-state index in [9.17, 15) is 0 Å². The van der Waals surface area contributed by atoms with Crippen LogP contribution in [0, 0.1) is 0 Å². The van der Waals surface area contributed by atoms with Gasteiger partial charge in [-0.1, -0.05) is 15.9 Å². The van der Waals surface area contributed by atoms with E-state index >= 15 is 0 Å². The largest absolute Gasteiger partial charge is 0.496 e. The van der Waals surface area contributed by atoms with Crippen LogP contribution in [-0.4, -0.2) is 38.2 Å². The molecule has 1 aliphatic carbocycles. The summed E-state index contributed by atoms with van der Waals surface area (Å²) < 4.78 is 6.58. The lowest BCUT2D eigenvalue weighted by Crippen LogP contribution is -2.39. The standard InChI is InChI=1S/C16H25BrN2O/c1-18-14-5-7-15(8-6-14)19(2)11-12-10-13(17)4-9-16(12)20-3/h4,9-10,14-15,18H,5-8,11H2,1-3H3. The number of ether oxygens (including phenoxy) is 1. The number of rotatable bonds is 5. The fraction of sp³-hybridized carbons (Fsp3) is 0.625. The van der Waals surface area contributed by atoms with E-state index in [1.54, 1.807) is 7.11 Å². The molecule has 1 N–H and O–H groups in total. The Balaban J connectivity index is 1.97. The van der Waals surface area contributed by atoms with Gasteiger partial charge in [0, 0.05) is 28.7 Å². The summed E-state index contributed by atoms with van der Waals surface area (Å²) in [6.45, 7) is 0.942. The van der Waals surface area contributed by atoms with Crippen molar-refractivity contribution in [1.29, 1.82) is 0 Å². The number of halogens is 1. The van der Waals surface area contributed by atoms with E-state index < -0.39 is 0 Å². The van der Waals surface area contributed by atoms with E-state index in [0.717, 1.165) is 16.8 Å². The van der Waals surface area contributed by atoms with E-state index in [1.165, 1.54) is 31.2 Å². The average Bonchev–Trinajstić information content (AvgIpc) is 2.47. The molecule has 4 heteroatoms. The minimum absolute atomic E-state index is 0.684. The molecular weight excluding hydrogens is 316 g/mol. The second-order valence-corrected chi connectivity index (χ2v) is 6.58. The highest BCUT2D eigenvalue weighted by Gasteiger charge is 2.23. The van der Waals surface area contributed by atoms with Crippen LogP contribution in [-0.2, 0) is 6.54 Å². The molecule has 112 valence electrons. The van der Waals surface area contributed by atoms with E-state index in [1.807, 2.05) is 12.1 Å². The van der Waals surface area contributed by atoms with Crippen molar-refractivity contribution in [2.45, 2.75) is 44.3 Å². The summed E-state index contributed by atoms with van der Waals surface area (Å²) in [6.07, 6.45) is 5.11. The van der Waals surface area contributed by atoms with Crippen molar-refractivity contribution in [3.05, 3.63) is 28.2 Å². The van der Waals surface area contributed by atoms with Gasteiger partial charge in [0.1, 0.15) is 5.75 Å². The monoisotopic (exact) mass is 340 g/mol. The van der Waals surface area contributed by atoms with Gasteiger partial charge in [-0.05, 0) is 58.0 Å². The van der Waals surface area contributed by atoms with E-state index in [0.29, 0.717) is 12.1 Å². The molecule has 0 saturated heterocycles. The molecule has 2 rings (SSSR count). The van der Waals surface area contributed by atoms with Crippen LogP contribution in [0.3, 0.4) is 0 Å². The van der Waals surface area contributed by atoms with Crippen LogP contribution in [0.15, 0.2) is 22.7 Å². The Kier molecular flexibility index (Phi) is 5.87. The van der Waals surface area contributed by atoms with Gasteiger partial charge in [0.15, 0.2) is 0 Å². The lowest BCUT2D eigenvalue weighted by atomic mass is 9.90. The van der Waals surface area contributed by atoms with Gasteiger partial charge in [-0.15, -0.1) is 0 Å². The molecular formula is C16H25BrN2O. The summed E-state index contributed by atoms with van der Waals surface area (Å²) in [7, 11) is 6.04. The van der Waals surface area contributed by atoms with Crippen LogP contribution in [0.1, 0.15) is 31.2 Å². The third-order valence-corrected chi connectivity index (χ3v) is 4.88. The third-order valence-electron chi connectivity index (χ3n) is 4.39. The van der Waals surface area contributed by atoms with Crippen LogP contribution >= 0.6 is 15.9 Å². The van der Waals surface area contributed by atoms with Crippen molar-refractivity contribution < 1.29 is 4.74 Å². The summed E-state index contributed by atoms with van der Waals surface area (Å²) in [6, 6.07) is 7.61. The molecule has 1 aromatic carbocycles. The van der Waals surface area contributed by atoms with Gasteiger partial charge < -0.3 is 10.1 Å². The third kappa shape index (κ3) is 3.96. The first-order valence-corrected chi connectivity index (χ1v) is 8.13. The molecule has 0 aromatic heterocycles. The number of hydrogen-bond acceptors (Lipinski definition) is 3. The molecule has 1 aliphatic rings. The summed E-state index contributed by atoms with van der Waals surface area (Å²) in [5.74, 6) is 0.976. The van der Waals surface area contributed by atoms with Gasteiger partial charge in [0.05, 0.1) is 7.11 Å². The number of hydrogen-bond donors (Lipinski definition) is 1. The Morgan fingerprint density at radius 1 is 1.30 bits per heavy atom. The Labute approximate surface area is 130 Å². The number of methoxy groups -OCH3 is 1. The summed E-state index contributed by atoms with van der Waals surface area (Å²) >= 11 is 3.55. The van der Waals surface area contributed by atoms with Crippen LogP contribution in [0.4, 0.5) is 0 Å². The molecule has 0 radical (unpaired) electrons. The van der Waals surface area contributed by atoms with Gasteiger partial charge in [0.25, 0.3) is 0 Å². The van der Waals surface area contributed by atoms with Crippen LogP contribution in [0.2, 0.25) is 0 Å². The Morgan fingerprint density at radius 3 is 2.60 bits per heavy atom. The Bertz CT molecular complexity index is 430. The fourth-order valence-corrected chi connectivity index (χ4v) is 3.48. The van der Waals surface area contributed by atoms with Crippen molar-refractivity contribution in [1.82, 2.24) is 10.2 Å². The molecule has 0 unspecified atom stereocenters. The summed E-state index contributed by atoms with van der Waals surface area (Å²) in [5.41, 5.74) is 1.25. The SMILES string of the molecule is CNC1CCC(N(C)Cc2cc(Br)ccc2OC)CC1. The average molecular weight is 341 g/mol. The van der Waals surface area contributed by atoms with Crippen molar-refractivity contribution in [2.75, 3.05) is 21.2 Å². The number of benzene rings is 1. The fourth-order valence-electron chi connectivity index (χ4n) is 3.07. The maximum atomic E-state index is 5.47. The molecule has 0 aliphatic heterocycles. The van der Waals surface area contributed by atoms with E-state index in [4.69, 9.17) is 4.74 Å². The smallest absolute Gasteiger partial charge is 0.123 e. The van der Waals surface area contributed by atoms with Gasteiger partial charge in [-0.3, -0.25) is 4.90 Å². The minimum atomic E-state index is 0.684.